The van der Waals surface area contributed by atoms with Gasteiger partial charge in [-0.2, -0.15) is 0 Å². The van der Waals surface area contributed by atoms with Crippen molar-refractivity contribution in [3.8, 4) is 11.5 Å². The van der Waals surface area contributed by atoms with Crippen molar-refractivity contribution in [1.82, 2.24) is 10.3 Å². The summed E-state index contributed by atoms with van der Waals surface area (Å²) in [5.41, 5.74) is 4.66. The van der Waals surface area contributed by atoms with E-state index in [1.807, 2.05) is 36.5 Å². The van der Waals surface area contributed by atoms with Crippen molar-refractivity contribution in [1.29, 1.82) is 0 Å². The van der Waals surface area contributed by atoms with E-state index in [0.29, 0.717) is 11.7 Å². The zero-order chi connectivity index (χ0) is 19.6. The van der Waals surface area contributed by atoms with Crippen LogP contribution in [0.25, 0.3) is 0 Å². The number of pyridine rings is 1. The first kappa shape index (κ1) is 17.8. The molecule has 0 bridgehead atoms. The standard InChI is InChI=1S/C22H20N4O2S/c29-22(24-10-15-5-7-19-20(9-15)28-14-27-19)25-18-6-8-21(23-11-18)26-12-16-3-1-2-4-17(16)13-26/h1-9,11H,10,12-14H2,(H2,24,25,29). The second-order valence-electron chi connectivity index (χ2n) is 7.03. The highest BCUT2D eigenvalue weighted by Gasteiger charge is 2.19. The first-order valence-corrected chi connectivity index (χ1v) is 9.86. The Morgan fingerprint density at radius 2 is 1.79 bits per heavy atom. The van der Waals surface area contributed by atoms with Crippen LogP contribution in [0.5, 0.6) is 11.5 Å². The zero-order valence-corrected chi connectivity index (χ0v) is 16.5. The maximum Gasteiger partial charge on any atom is 0.231 e. The molecule has 2 aliphatic rings. The number of nitrogens with one attached hydrogen (secondary N) is 2. The van der Waals surface area contributed by atoms with E-state index in [4.69, 9.17) is 21.7 Å². The molecule has 3 heterocycles. The minimum atomic E-state index is 0.276. The topological polar surface area (TPSA) is 58.6 Å². The molecule has 3 aromatic rings. The van der Waals surface area contributed by atoms with E-state index in [1.165, 1.54) is 11.1 Å². The van der Waals surface area contributed by atoms with Crippen molar-refractivity contribution < 1.29 is 9.47 Å². The molecule has 0 radical (unpaired) electrons. The lowest BCUT2D eigenvalue weighted by Crippen LogP contribution is -2.28. The molecular formula is C22H20N4O2S. The average molecular weight is 404 g/mol. The van der Waals surface area contributed by atoms with E-state index in [2.05, 4.69) is 44.8 Å². The minimum absolute atomic E-state index is 0.276. The maximum atomic E-state index is 5.41. The fourth-order valence-corrected chi connectivity index (χ4v) is 3.74. The van der Waals surface area contributed by atoms with Crippen LogP contribution in [0.2, 0.25) is 0 Å². The fourth-order valence-electron chi connectivity index (χ4n) is 3.55. The van der Waals surface area contributed by atoms with Gasteiger partial charge in [0.15, 0.2) is 16.6 Å². The third-order valence-corrected chi connectivity index (χ3v) is 5.31. The van der Waals surface area contributed by atoms with Gasteiger partial charge in [-0.25, -0.2) is 4.98 Å². The molecular weight excluding hydrogens is 384 g/mol. The van der Waals surface area contributed by atoms with Crippen molar-refractivity contribution in [2.45, 2.75) is 19.6 Å². The van der Waals surface area contributed by atoms with Crippen molar-refractivity contribution in [3.63, 3.8) is 0 Å². The molecule has 2 N–H and O–H groups in total. The van der Waals surface area contributed by atoms with Crippen LogP contribution < -0.4 is 25.0 Å². The summed E-state index contributed by atoms with van der Waals surface area (Å²) >= 11 is 5.41. The van der Waals surface area contributed by atoms with Gasteiger partial charge in [-0.05, 0) is 53.2 Å². The van der Waals surface area contributed by atoms with Gasteiger partial charge < -0.3 is 25.0 Å². The van der Waals surface area contributed by atoms with Crippen molar-refractivity contribution in [3.05, 3.63) is 77.5 Å². The lowest BCUT2D eigenvalue weighted by atomic mass is 10.1. The Kier molecular flexibility index (Phi) is 4.65. The molecule has 1 aromatic heterocycles. The molecule has 0 amide bonds. The third kappa shape index (κ3) is 3.82. The van der Waals surface area contributed by atoms with Crippen molar-refractivity contribution in [2.75, 3.05) is 17.0 Å². The van der Waals surface area contributed by atoms with E-state index >= 15 is 0 Å². The predicted octanol–water partition coefficient (Wildman–Crippen LogP) is 3.82. The second-order valence-corrected chi connectivity index (χ2v) is 7.43. The molecule has 2 aliphatic heterocycles. The lowest BCUT2D eigenvalue weighted by Gasteiger charge is -2.17. The number of anilines is 2. The van der Waals surface area contributed by atoms with Crippen LogP contribution in [-0.2, 0) is 19.6 Å². The smallest absolute Gasteiger partial charge is 0.231 e. The molecule has 0 aliphatic carbocycles. The number of hydrogen-bond acceptors (Lipinski definition) is 5. The molecule has 0 atom stereocenters. The number of rotatable bonds is 4. The Bertz CT molecular complexity index is 1030. The van der Waals surface area contributed by atoms with E-state index < -0.39 is 0 Å². The number of benzene rings is 2. The van der Waals surface area contributed by atoms with E-state index in [-0.39, 0.29) is 6.79 Å². The summed E-state index contributed by atoms with van der Waals surface area (Å²) < 4.78 is 10.7. The van der Waals surface area contributed by atoms with Gasteiger partial charge in [0, 0.05) is 19.6 Å². The Labute approximate surface area is 174 Å². The van der Waals surface area contributed by atoms with Crippen LogP contribution in [0.1, 0.15) is 16.7 Å². The summed E-state index contributed by atoms with van der Waals surface area (Å²) in [6.45, 7) is 2.66. The highest BCUT2D eigenvalue weighted by Crippen LogP contribution is 2.32. The first-order chi connectivity index (χ1) is 14.2. The molecule has 5 rings (SSSR count). The number of aromatic nitrogens is 1. The number of hydrogen-bond donors (Lipinski definition) is 2. The molecule has 0 saturated heterocycles. The van der Waals surface area contributed by atoms with Gasteiger partial charge in [0.1, 0.15) is 5.82 Å². The summed E-state index contributed by atoms with van der Waals surface area (Å²) in [7, 11) is 0. The number of thiocarbonyl (C=S) groups is 1. The number of ether oxygens (including phenoxy) is 2. The van der Waals surface area contributed by atoms with Gasteiger partial charge in [-0.3, -0.25) is 0 Å². The zero-order valence-electron chi connectivity index (χ0n) is 15.7. The van der Waals surface area contributed by atoms with Crippen LogP contribution in [-0.4, -0.2) is 16.9 Å². The predicted molar refractivity (Wildman–Crippen MR) is 116 cm³/mol. The van der Waals surface area contributed by atoms with Crippen molar-refractivity contribution >= 4 is 28.8 Å². The quantitative estimate of drug-likeness (QED) is 0.641. The number of nitrogens with zero attached hydrogens (tertiary/aromatic N) is 2. The third-order valence-electron chi connectivity index (χ3n) is 5.06. The second kappa shape index (κ2) is 7.60. The minimum Gasteiger partial charge on any atom is -0.454 e. The van der Waals surface area contributed by atoms with Gasteiger partial charge in [0.05, 0.1) is 11.9 Å². The largest absolute Gasteiger partial charge is 0.454 e. The van der Waals surface area contributed by atoms with E-state index in [9.17, 15) is 0 Å². The Morgan fingerprint density at radius 1 is 1.00 bits per heavy atom. The summed E-state index contributed by atoms with van der Waals surface area (Å²) in [6.07, 6.45) is 1.81. The van der Waals surface area contributed by atoms with E-state index in [0.717, 1.165) is 41.7 Å². The summed E-state index contributed by atoms with van der Waals surface area (Å²) in [4.78, 5) is 6.87. The maximum absolute atomic E-state index is 5.41. The van der Waals surface area contributed by atoms with Gasteiger partial charge in [-0.1, -0.05) is 30.3 Å². The summed E-state index contributed by atoms with van der Waals surface area (Å²) in [6, 6.07) is 18.4. The van der Waals surface area contributed by atoms with Crippen LogP contribution in [0.4, 0.5) is 11.5 Å². The molecule has 0 saturated carbocycles. The number of fused-ring (bicyclic) bond motifs is 2. The van der Waals surface area contributed by atoms with Gasteiger partial charge >= 0.3 is 0 Å². The van der Waals surface area contributed by atoms with Crippen LogP contribution >= 0.6 is 12.2 Å². The monoisotopic (exact) mass is 404 g/mol. The average Bonchev–Trinajstić information content (AvgIpc) is 3.39. The Balaban J connectivity index is 1.15. The highest BCUT2D eigenvalue weighted by atomic mass is 32.1. The molecule has 29 heavy (non-hydrogen) atoms. The molecule has 0 spiro atoms. The van der Waals surface area contributed by atoms with E-state index in [1.54, 1.807) is 0 Å². The van der Waals surface area contributed by atoms with Crippen LogP contribution in [0, 0.1) is 0 Å². The lowest BCUT2D eigenvalue weighted by molar-refractivity contribution is 0.174. The summed E-state index contributed by atoms with van der Waals surface area (Å²) in [5.74, 6) is 2.51. The molecule has 146 valence electrons. The fraction of sp³-hybridized carbons (Fsp3) is 0.182. The molecule has 6 nitrogen and oxygen atoms in total. The first-order valence-electron chi connectivity index (χ1n) is 9.46. The Hall–Kier alpha value is -3.32. The van der Waals surface area contributed by atoms with Crippen molar-refractivity contribution in [2.24, 2.45) is 0 Å². The highest BCUT2D eigenvalue weighted by molar-refractivity contribution is 7.80. The Morgan fingerprint density at radius 3 is 2.55 bits per heavy atom. The van der Waals surface area contributed by atoms with Crippen LogP contribution in [0.15, 0.2) is 60.8 Å². The molecule has 0 unspecified atom stereocenters. The van der Waals surface area contributed by atoms with Gasteiger partial charge in [0.25, 0.3) is 0 Å². The van der Waals surface area contributed by atoms with Crippen LogP contribution in [0.3, 0.4) is 0 Å². The normalized spacial score (nSPS) is 13.9. The SMILES string of the molecule is S=C(NCc1ccc2c(c1)OCO2)Nc1ccc(N2Cc3ccccc3C2)nc1. The van der Waals surface area contributed by atoms with Gasteiger partial charge in [0.2, 0.25) is 6.79 Å². The summed E-state index contributed by atoms with van der Waals surface area (Å²) in [5, 5.41) is 6.94. The van der Waals surface area contributed by atoms with Gasteiger partial charge in [-0.15, -0.1) is 0 Å². The molecule has 0 fully saturated rings. The molecule has 2 aromatic carbocycles. The molecule has 7 heteroatoms.